The number of nitrogens with zero attached hydrogens (tertiary/aromatic N) is 2. The first-order valence-electron chi connectivity index (χ1n) is 8.00. The van der Waals surface area contributed by atoms with Crippen molar-refractivity contribution in [3.05, 3.63) is 59.5 Å². The summed E-state index contributed by atoms with van der Waals surface area (Å²) in [6.07, 6.45) is -1.69. The van der Waals surface area contributed by atoms with Crippen molar-refractivity contribution in [1.82, 2.24) is 9.97 Å². The Labute approximate surface area is 157 Å². The summed E-state index contributed by atoms with van der Waals surface area (Å²) in [5, 5.41) is 15.6. The van der Waals surface area contributed by atoms with Crippen molar-refractivity contribution < 1.29 is 13.2 Å². The van der Waals surface area contributed by atoms with E-state index in [1.807, 2.05) is 0 Å². The zero-order valence-corrected chi connectivity index (χ0v) is 14.4. The minimum Gasteiger partial charge on any atom is -0.398 e. The van der Waals surface area contributed by atoms with Gasteiger partial charge < -0.3 is 22.3 Å². The second-order valence-corrected chi connectivity index (χ2v) is 5.85. The molecule has 0 aliphatic heterocycles. The van der Waals surface area contributed by atoms with Crippen LogP contribution in [-0.2, 0) is 0 Å². The number of hydrogen-bond acceptors (Lipinski definition) is 6. The molecule has 0 saturated heterocycles. The summed E-state index contributed by atoms with van der Waals surface area (Å²) in [6, 6.07) is 9.53. The zero-order chi connectivity index (χ0) is 20.5. The Balaban J connectivity index is 2.46. The van der Waals surface area contributed by atoms with Crippen LogP contribution in [0.25, 0.3) is 27.7 Å². The number of nitrogens with two attached hydrogens (primary N) is 2. The molecule has 6 N–H and O–H groups in total. The van der Waals surface area contributed by atoms with Crippen LogP contribution < -0.4 is 11.5 Å². The SMILES string of the molecule is N=CC(=C(N)C(F)(F)F)c1cc(-c2ccccn2)c2c(C=N)c(N)ccc2n1. The highest BCUT2D eigenvalue weighted by atomic mass is 19.4. The van der Waals surface area contributed by atoms with Gasteiger partial charge in [-0.05, 0) is 30.3 Å². The van der Waals surface area contributed by atoms with Crippen LogP contribution in [0.5, 0.6) is 0 Å². The highest BCUT2D eigenvalue weighted by Crippen LogP contribution is 2.35. The van der Waals surface area contributed by atoms with Crippen LogP contribution in [0.15, 0.2) is 48.3 Å². The van der Waals surface area contributed by atoms with E-state index in [2.05, 4.69) is 9.97 Å². The van der Waals surface area contributed by atoms with Gasteiger partial charge in [-0.3, -0.25) is 4.98 Å². The Morgan fingerprint density at radius 1 is 1.11 bits per heavy atom. The van der Waals surface area contributed by atoms with Crippen molar-refractivity contribution in [2.24, 2.45) is 5.73 Å². The minimum atomic E-state index is -4.81. The molecule has 0 aliphatic carbocycles. The molecule has 0 aliphatic rings. The summed E-state index contributed by atoms with van der Waals surface area (Å²) in [5.74, 6) is 0. The molecule has 0 unspecified atom stereocenters. The Kier molecular flexibility index (Phi) is 4.83. The molecule has 0 radical (unpaired) electrons. The molecule has 3 aromatic rings. The lowest BCUT2D eigenvalue weighted by atomic mass is 9.96. The zero-order valence-electron chi connectivity index (χ0n) is 14.4. The molecule has 3 rings (SSSR count). The number of allylic oxidation sites excluding steroid dienone is 2. The molecule has 0 spiro atoms. The molecule has 0 amide bonds. The topological polar surface area (TPSA) is 126 Å². The molecule has 9 heteroatoms. The molecule has 6 nitrogen and oxygen atoms in total. The van der Waals surface area contributed by atoms with Crippen molar-refractivity contribution in [3.63, 3.8) is 0 Å². The van der Waals surface area contributed by atoms with Crippen molar-refractivity contribution >= 4 is 34.6 Å². The van der Waals surface area contributed by atoms with Crippen LogP contribution in [-0.4, -0.2) is 28.6 Å². The first kappa shape index (κ1) is 19.0. The van der Waals surface area contributed by atoms with E-state index in [1.165, 1.54) is 18.3 Å². The highest BCUT2D eigenvalue weighted by molar-refractivity contribution is 6.13. The Morgan fingerprint density at radius 2 is 1.86 bits per heavy atom. The lowest BCUT2D eigenvalue weighted by molar-refractivity contribution is -0.0918. The molecule has 2 heterocycles. The van der Waals surface area contributed by atoms with Crippen molar-refractivity contribution in [3.8, 4) is 11.3 Å². The van der Waals surface area contributed by atoms with Crippen molar-refractivity contribution in [1.29, 1.82) is 10.8 Å². The molecule has 1 aromatic carbocycles. The summed E-state index contributed by atoms with van der Waals surface area (Å²) < 4.78 is 39.3. The number of fused-ring (bicyclic) bond motifs is 1. The lowest BCUT2D eigenvalue weighted by Crippen LogP contribution is -2.22. The van der Waals surface area contributed by atoms with Crippen LogP contribution in [0.2, 0.25) is 0 Å². The third-order valence-corrected chi connectivity index (χ3v) is 4.15. The second kappa shape index (κ2) is 7.10. The number of aromatic nitrogens is 2. The third kappa shape index (κ3) is 3.29. The van der Waals surface area contributed by atoms with E-state index in [9.17, 15) is 13.2 Å². The number of anilines is 1. The number of hydrogen-bond donors (Lipinski definition) is 4. The van der Waals surface area contributed by atoms with E-state index in [-0.39, 0.29) is 5.69 Å². The van der Waals surface area contributed by atoms with E-state index in [4.69, 9.17) is 22.3 Å². The van der Waals surface area contributed by atoms with Gasteiger partial charge >= 0.3 is 6.18 Å². The number of nitrogens with one attached hydrogen (secondary N) is 2. The minimum absolute atomic E-state index is 0.126. The van der Waals surface area contributed by atoms with E-state index >= 15 is 0 Å². The first-order valence-corrected chi connectivity index (χ1v) is 8.00. The maximum absolute atomic E-state index is 13.1. The molecule has 2 aromatic heterocycles. The normalized spacial score (nSPS) is 12.5. The fraction of sp³-hybridized carbons (Fsp3) is 0.0526. The predicted molar refractivity (Wildman–Crippen MR) is 103 cm³/mol. The van der Waals surface area contributed by atoms with Crippen LogP contribution in [0.3, 0.4) is 0 Å². The van der Waals surface area contributed by atoms with E-state index in [0.717, 1.165) is 6.21 Å². The van der Waals surface area contributed by atoms with Crippen LogP contribution in [0.4, 0.5) is 18.9 Å². The maximum atomic E-state index is 13.1. The lowest BCUT2D eigenvalue weighted by Gasteiger charge is -2.15. The number of pyridine rings is 2. The fourth-order valence-electron chi connectivity index (χ4n) is 2.83. The summed E-state index contributed by atoms with van der Waals surface area (Å²) in [7, 11) is 0. The van der Waals surface area contributed by atoms with E-state index < -0.39 is 17.4 Å². The van der Waals surface area contributed by atoms with Crippen molar-refractivity contribution in [2.45, 2.75) is 6.18 Å². The number of rotatable bonds is 4. The standard InChI is InChI=1S/C19H15F3N6/c20-19(21,22)18(26)12(9-24)16-7-10(14-3-1-2-6-27-14)17-11(8-23)13(25)4-5-15(17)28-16/h1-9,23-24H,25-26H2. The quantitative estimate of drug-likeness (QED) is 0.404. The summed E-state index contributed by atoms with van der Waals surface area (Å²) in [4.78, 5) is 8.49. The number of nitrogen functional groups attached to an aromatic ring is 1. The Hall–Kier alpha value is -3.75. The van der Waals surface area contributed by atoms with Gasteiger partial charge in [-0.2, -0.15) is 13.2 Å². The van der Waals surface area contributed by atoms with Crippen molar-refractivity contribution in [2.75, 3.05) is 5.73 Å². The molecule has 0 atom stereocenters. The van der Waals surface area contributed by atoms with Crippen LogP contribution >= 0.6 is 0 Å². The summed E-state index contributed by atoms with van der Waals surface area (Å²) in [5.41, 5.74) is 11.0. The van der Waals surface area contributed by atoms with Gasteiger partial charge in [-0.15, -0.1) is 0 Å². The van der Waals surface area contributed by atoms with Gasteiger partial charge in [-0.25, -0.2) is 4.98 Å². The molecule has 28 heavy (non-hydrogen) atoms. The Morgan fingerprint density at radius 3 is 2.43 bits per heavy atom. The van der Waals surface area contributed by atoms with Gasteiger partial charge in [0.15, 0.2) is 0 Å². The summed E-state index contributed by atoms with van der Waals surface area (Å²) in [6.45, 7) is 0. The van der Waals surface area contributed by atoms with Gasteiger partial charge in [-0.1, -0.05) is 6.07 Å². The van der Waals surface area contributed by atoms with Gasteiger partial charge in [0.1, 0.15) is 5.70 Å². The third-order valence-electron chi connectivity index (χ3n) is 4.15. The molecule has 0 bridgehead atoms. The van der Waals surface area contributed by atoms with E-state index in [0.29, 0.717) is 39.6 Å². The fourth-order valence-corrected chi connectivity index (χ4v) is 2.83. The molecule has 0 saturated carbocycles. The highest BCUT2D eigenvalue weighted by Gasteiger charge is 2.34. The Bertz CT molecular complexity index is 1100. The largest absolute Gasteiger partial charge is 0.431 e. The van der Waals surface area contributed by atoms with Crippen LogP contribution in [0, 0.1) is 10.8 Å². The predicted octanol–water partition coefficient (Wildman–Crippen LogP) is 3.76. The smallest absolute Gasteiger partial charge is 0.398 e. The molecule has 0 fully saturated rings. The monoisotopic (exact) mass is 384 g/mol. The van der Waals surface area contributed by atoms with E-state index in [1.54, 1.807) is 24.3 Å². The first-order chi connectivity index (χ1) is 13.3. The number of benzene rings is 1. The molecule has 142 valence electrons. The van der Waals surface area contributed by atoms with Gasteiger partial charge in [0.05, 0.1) is 16.9 Å². The van der Waals surface area contributed by atoms with Gasteiger partial charge in [0, 0.05) is 46.4 Å². The number of halogens is 3. The average Bonchev–Trinajstić information content (AvgIpc) is 2.68. The van der Waals surface area contributed by atoms with Crippen LogP contribution in [0.1, 0.15) is 11.3 Å². The maximum Gasteiger partial charge on any atom is 0.431 e. The molecular formula is C19H15F3N6. The summed E-state index contributed by atoms with van der Waals surface area (Å²) >= 11 is 0. The van der Waals surface area contributed by atoms with Gasteiger partial charge in [0.25, 0.3) is 0 Å². The second-order valence-electron chi connectivity index (χ2n) is 5.85. The van der Waals surface area contributed by atoms with Gasteiger partial charge in [0.2, 0.25) is 0 Å². The average molecular weight is 384 g/mol. The number of alkyl halides is 3. The molecular weight excluding hydrogens is 369 g/mol.